The number of amides is 1. The Bertz CT molecular complexity index is 506. The lowest BCUT2D eigenvalue weighted by Crippen LogP contribution is -2.52. The molecule has 1 aromatic carbocycles. The molecule has 2 atom stereocenters. The topological polar surface area (TPSA) is 77.2 Å². The van der Waals surface area contributed by atoms with Gasteiger partial charge in [0.1, 0.15) is 12.2 Å². The Morgan fingerprint density at radius 2 is 2.05 bits per heavy atom. The molecule has 0 radical (unpaired) electrons. The Kier molecular flexibility index (Phi) is 4.60. The lowest BCUT2D eigenvalue weighted by Gasteiger charge is -2.22. The second kappa shape index (κ2) is 6.62. The number of carbonyl (C=O) groups excluding carboxylic acids is 1. The van der Waals surface area contributed by atoms with Gasteiger partial charge in [0.25, 0.3) is 0 Å². The summed E-state index contributed by atoms with van der Waals surface area (Å²) in [6.07, 6.45) is 4.30. The maximum atomic E-state index is 12.3. The summed E-state index contributed by atoms with van der Waals surface area (Å²) < 4.78 is 0. The van der Waals surface area contributed by atoms with Crippen LogP contribution in [0.4, 0.5) is 5.69 Å². The lowest BCUT2D eigenvalue weighted by molar-refractivity contribution is -0.123. The van der Waals surface area contributed by atoms with Crippen LogP contribution in [0.3, 0.4) is 0 Å². The van der Waals surface area contributed by atoms with Gasteiger partial charge in [0.05, 0.1) is 0 Å². The van der Waals surface area contributed by atoms with Gasteiger partial charge in [-0.1, -0.05) is 30.5 Å². The minimum Gasteiger partial charge on any atom is -0.367 e. The first-order valence-electron chi connectivity index (χ1n) is 7.31. The molecule has 1 amide bonds. The van der Waals surface area contributed by atoms with Crippen LogP contribution in [0.1, 0.15) is 25.7 Å². The van der Waals surface area contributed by atoms with Gasteiger partial charge in [-0.3, -0.25) is 4.79 Å². The van der Waals surface area contributed by atoms with Gasteiger partial charge in [0.15, 0.2) is 0 Å². The molecule has 3 rings (SSSR count). The smallest absolute Gasteiger partial charge is 0.242 e. The van der Waals surface area contributed by atoms with E-state index >= 15 is 0 Å². The van der Waals surface area contributed by atoms with Crippen molar-refractivity contribution in [3.8, 4) is 0 Å². The minimum absolute atomic E-state index is 0.000993. The van der Waals surface area contributed by atoms with E-state index in [1.54, 1.807) is 0 Å². The third-order valence-electron chi connectivity index (χ3n) is 3.92. The Hall–Kier alpha value is -1.34. The molecule has 2 aliphatic rings. The van der Waals surface area contributed by atoms with Crippen LogP contribution in [0.25, 0.3) is 0 Å². The number of halogens is 1. The molecule has 1 aromatic rings. The van der Waals surface area contributed by atoms with Gasteiger partial charge in [-0.05, 0) is 31.0 Å². The average molecular weight is 310 g/mol. The van der Waals surface area contributed by atoms with E-state index in [-0.39, 0.29) is 18.1 Å². The first-order valence-corrected chi connectivity index (χ1v) is 7.69. The normalized spacial score (nSPS) is 26.0. The fourth-order valence-corrected chi connectivity index (χ4v) is 3.01. The van der Waals surface area contributed by atoms with Crippen molar-refractivity contribution in [3.05, 3.63) is 29.3 Å². The third-order valence-corrected chi connectivity index (χ3v) is 4.15. The highest BCUT2D eigenvalue weighted by molar-refractivity contribution is 6.30. The number of nitrogens with one attached hydrogen (secondary N) is 5. The molecule has 1 saturated heterocycles. The SMILES string of the molecule is O=C(NC1CCCC1)C1NNNC1Nc1cccc(Cl)c1. The van der Waals surface area contributed by atoms with E-state index in [9.17, 15) is 4.79 Å². The zero-order valence-electron chi connectivity index (χ0n) is 11.7. The number of carbonyl (C=O) groups is 1. The van der Waals surface area contributed by atoms with E-state index in [1.807, 2.05) is 24.3 Å². The molecule has 1 heterocycles. The fourth-order valence-electron chi connectivity index (χ4n) is 2.82. The van der Waals surface area contributed by atoms with Crippen LogP contribution in [0.2, 0.25) is 5.02 Å². The van der Waals surface area contributed by atoms with E-state index in [1.165, 1.54) is 12.8 Å². The molecule has 2 unspecified atom stereocenters. The van der Waals surface area contributed by atoms with E-state index < -0.39 is 0 Å². The largest absolute Gasteiger partial charge is 0.367 e. The Balaban J connectivity index is 1.60. The molecule has 6 nitrogen and oxygen atoms in total. The zero-order chi connectivity index (χ0) is 14.7. The van der Waals surface area contributed by atoms with Gasteiger partial charge in [-0.2, -0.15) is 5.53 Å². The van der Waals surface area contributed by atoms with Crippen LogP contribution in [0.5, 0.6) is 0 Å². The van der Waals surface area contributed by atoms with Crippen LogP contribution < -0.4 is 27.0 Å². The summed E-state index contributed by atoms with van der Waals surface area (Å²) in [5.74, 6) is -0.000993. The Morgan fingerprint density at radius 3 is 2.81 bits per heavy atom. The Labute approximate surface area is 128 Å². The quantitative estimate of drug-likeness (QED) is 0.576. The van der Waals surface area contributed by atoms with Crippen molar-refractivity contribution >= 4 is 23.2 Å². The molecule has 1 aliphatic carbocycles. The lowest BCUT2D eigenvalue weighted by atomic mass is 10.2. The van der Waals surface area contributed by atoms with Gasteiger partial charge < -0.3 is 10.6 Å². The number of hydrazine groups is 2. The second-order valence-corrected chi connectivity index (χ2v) is 5.95. The summed E-state index contributed by atoms with van der Waals surface area (Å²) in [6, 6.07) is 7.35. The maximum Gasteiger partial charge on any atom is 0.242 e. The van der Waals surface area contributed by atoms with Crippen LogP contribution in [0, 0.1) is 0 Å². The van der Waals surface area contributed by atoms with Crippen molar-refractivity contribution in [2.75, 3.05) is 5.32 Å². The van der Waals surface area contributed by atoms with Gasteiger partial charge in [-0.15, -0.1) is 0 Å². The second-order valence-electron chi connectivity index (χ2n) is 5.51. The maximum absolute atomic E-state index is 12.3. The molecule has 1 aliphatic heterocycles. The summed E-state index contributed by atoms with van der Waals surface area (Å²) >= 11 is 5.97. The van der Waals surface area contributed by atoms with Crippen LogP contribution >= 0.6 is 11.6 Å². The number of rotatable bonds is 4. The predicted molar refractivity (Wildman–Crippen MR) is 82.5 cm³/mol. The summed E-state index contributed by atoms with van der Waals surface area (Å²) in [5.41, 5.74) is 9.62. The monoisotopic (exact) mass is 309 g/mol. The van der Waals surface area contributed by atoms with Crippen molar-refractivity contribution in [2.24, 2.45) is 0 Å². The number of hydrogen-bond acceptors (Lipinski definition) is 5. The molecular formula is C14H20ClN5O. The molecule has 0 bridgehead atoms. The van der Waals surface area contributed by atoms with Crippen molar-refractivity contribution in [2.45, 2.75) is 43.9 Å². The molecule has 0 spiro atoms. The van der Waals surface area contributed by atoms with Gasteiger partial charge in [0, 0.05) is 16.8 Å². The van der Waals surface area contributed by atoms with Gasteiger partial charge in [0.2, 0.25) is 5.91 Å². The first-order chi connectivity index (χ1) is 10.2. The molecule has 2 fully saturated rings. The summed E-state index contributed by atoms with van der Waals surface area (Å²) in [7, 11) is 0. The molecule has 5 N–H and O–H groups in total. The number of anilines is 1. The molecule has 0 aromatic heterocycles. The van der Waals surface area contributed by atoms with Gasteiger partial charge >= 0.3 is 0 Å². The molecular weight excluding hydrogens is 290 g/mol. The van der Waals surface area contributed by atoms with E-state index in [0.29, 0.717) is 11.1 Å². The highest BCUT2D eigenvalue weighted by Crippen LogP contribution is 2.19. The van der Waals surface area contributed by atoms with Crippen LogP contribution in [-0.4, -0.2) is 24.2 Å². The van der Waals surface area contributed by atoms with Crippen molar-refractivity contribution in [1.82, 2.24) is 21.7 Å². The van der Waals surface area contributed by atoms with E-state index in [0.717, 1.165) is 18.5 Å². The molecule has 21 heavy (non-hydrogen) atoms. The van der Waals surface area contributed by atoms with Crippen molar-refractivity contribution in [3.63, 3.8) is 0 Å². The summed E-state index contributed by atoms with van der Waals surface area (Å²) in [5, 5.41) is 7.01. The minimum atomic E-state index is -0.385. The highest BCUT2D eigenvalue weighted by Gasteiger charge is 2.34. The zero-order valence-corrected chi connectivity index (χ0v) is 12.4. The summed E-state index contributed by atoms with van der Waals surface area (Å²) in [6.45, 7) is 0. The van der Waals surface area contributed by atoms with Crippen LogP contribution in [-0.2, 0) is 4.79 Å². The summed E-state index contributed by atoms with van der Waals surface area (Å²) in [4.78, 5) is 12.3. The molecule has 7 heteroatoms. The fraction of sp³-hybridized carbons (Fsp3) is 0.500. The number of hydrogen-bond donors (Lipinski definition) is 5. The highest BCUT2D eigenvalue weighted by atomic mass is 35.5. The predicted octanol–water partition coefficient (Wildman–Crippen LogP) is 1.12. The standard InChI is InChI=1S/C14H20ClN5O/c15-9-4-3-7-11(8-9)16-13-12(18-20-19-13)14(21)17-10-5-1-2-6-10/h3-4,7-8,10,12-13,16,18-20H,1-2,5-6H2,(H,17,21). The third kappa shape index (κ3) is 3.65. The van der Waals surface area contributed by atoms with Crippen LogP contribution in [0.15, 0.2) is 24.3 Å². The number of benzene rings is 1. The van der Waals surface area contributed by atoms with Gasteiger partial charge in [-0.25, -0.2) is 10.9 Å². The molecule has 1 saturated carbocycles. The Morgan fingerprint density at radius 1 is 1.24 bits per heavy atom. The van der Waals surface area contributed by atoms with Crippen molar-refractivity contribution < 1.29 is 4.79 Å². The average Bonchev–Trinajstić information content (AvgIpc) is 3.10. The van der Waals surface area contributed by atoms with Crippen molar-refractivity contribution in [1.29, 1.82) is 0 Å². The molecule has 114 valence electrons. The van der Waals surface area contributed by atoms with E-state index in [4.69, 9.17) is 11.6 Å². The first kappa shape index (κ1) is 14.6. The van der Waals surface area contributed by atoms with E-state index in [2.05, 4.69) is 27.0 Å².